The normalized spacial score (nSPS) is 11.4. The van der Waals surface area contributed by atoms with Crippen molar-refractivity contribution in [3.8, 4) is 0 Å². The second-order valence-electron chi connectivity index (χ2n) is 5.40. The number of carbonyl (C=O) groups excluding carboxylic acids is 2. The van der Waals surface area contributed by atoms with E-state index in [-0.39, 0.29) is 0 Å². The van der Waals surface area contributed by atoms with Crippen LogP contribution in [0, 0.1) is 0 Å². The minimum atomic E-state index is -0.704. The molecular weight excluding hydrogens is 340 g/mol. The van der Waals surface area contributed by atoms with Gasteiger partial charge in [-0.2, -0.15) is 0 Å². The molecule has 0 spiro atoms. The Hall–Kier alpha value is -2.09. The number of fused-ring (bicyclic) bond motifs is 1. The number of urea groups is 1. The number of carbonyl (C=O) groups is 2. The molecule has 0 bridgehead atoms. The minimum absolute atomic E-state index is 0.303. The molecule has 0 atom stereocenters. The fourth-order valence-corrected chi connectivity index (χ4v) is 2.26. The van der Waals surface area contributed by atoms with Crippen LogP contribution in [0.25, 0.3) is 10.9 Å². The van der Waals surface area contributed by atoms with Gasteiger partial charge in [-0.1, -0.05) is 0 Å². The third kappa shape index (κ3) is 3.52. The molecule has 0 unspecified atom stereocenters. The smallest absolute Gasteiger partial charge is 0.419 e. The van der Waals surface area contributed by atoms with Crippen LogP contribution in [-0.2, 0) is 4.74 Å². The highest BCUT2D eigenvalue weighted by atomic mass is 79.9. The molecule has 0 aliphatic heterocycles. The first-order valence-corrected chi connectivity index (χ1v) is 6.93. The number of primary amides is 1. The Bertz CT molecular complexity index is 718. The van der Waals surface area contributed by atoms with Crippen LogP contribution in [0.5, 0.6) is 0 Å². The summed E-state index contributed by atoms with van der Waals surface area (Å²) in [5, 5.41) is 3.09. The number of hydrogen-bond acceptors (Lipinski definition) is 4. The van der Waals surface area contributed by atoms with Gasteiger partial charge in [0.25, 0.3) is 0 Å². The fraction of sp³-hybridized carbons (Fsp3) is 0.308. The van der Waals surface area contributed by atoms with E-state index in [9.17, 15) is 9.59 Å². The number of nitrogens with two attached hydrogens (primary N) is 1. The van der Waals surface area contributed by atoms with E-state index in [0.717, 1.165) is 0 Å². The molecule has 7 nitrogen and oxygen atoms in total. The van der Waals surface area contributed by atoms with Crippen LogP contribution in [-0.4, -0.2) is 27.3 Å². The maximum atomic E-state index is 12.2. The molecule has 2 rings (SSSR count). The van der Waals surface area contributed by atoms with Crippen molar-refractivity contribution < 1.29 is 14.3 Å². The third-order valence-corrected chi connectivity index (χ3v) is 3.12. The summed E-state index contributed by atoms with van der Waals surface area (Å²) in [5.41, 5.74) is 5.01. The maximum absolute atomic E-state index is 12.2. The van der Waals surface area contributed by atoms with Crippen molar-refractivity contribution in [2.24, 2.45) is 5.73 Å². The molecule has 0 aliphatic carbocycles. The lowest BCUT2D eigenvalue weighted by atomic mass is 10.2. The van der Waals surface area contributed by atoms with Gasteiger partial charge < -0.3 is 10.5 Å². The average Bonchev–Trinajstić information content (AvgIpc) is 2.64. The molecule has 3 N–H and O–H groups in total. The molecule has 21 heavy (non-hydrogen) atoms. The second-order valence-corrected chi connectivity index (χ2v) is 6.26. The molecule has 0 fully saturated rings. The number of nitrogens with one attached hydrogen (secondary N) is 1. The molecule has 0 radical (unpaired) electrons. The number of anilines is 1. The summed E-state index contributed by atoms with van der Waals surface area (Å²) < 4.78 is 7.36. The number of pyridine rings is 1. The van der Waals surface area contributed by atoms with Crippen LogP contribution in [0.4, 0.5) is 15.4 Å². The highest BCUT2D eigenvalue weighted by Crippen LogP contribution is 2.28. The van der Waals surface area contributed by atoms with Gasteiger partial charge in [0.15, 0.2) is 0 Å². The number of amides is 2. The Morgan fingerprint density at radius 1 is 1.43 bits per heavy atom. The van der Waals surface area contributed by atoms with E-state index in [1.165, 1.54) is 10.8 Å². The molecule has 112 valence electrons. The number of rotatable bonds is 1. The van der Waals surface area contributed by atoms with Crippen molar-refractivity contribution in [1.29, 1.82) is 0 Å². The number of halogens is 1. The topological polar surface area (TPSA) is 99.2 Å². The lowest BCUT2D eigenvalue weighted by Crippen LogP contribution is -2.26. The van der Waals surface area contributed by atoms with Crippen LogP contribution < -0.4 is 11.1 Å². The van der Waals surface area contributed by atoms with Crippen LogP contribution in [0.3, 0.4) is 0 Å². The standard InChI is InChI=1S/C13H15BrN4O3/c1-13(2,3)21-12(20)18-6-8(14)7-4-10(17-11(15)19)16-5-9(7)18/h4-6H,1-3H3,(H3,15,16,17,19). The molecule has 8 heteroatoms. The van der Waals surface area contributed by atoms with Crippen LogP contribution in [0.1, 0.15) is 20.8 Å². The maximum Gasteiger partial charge on any atom is 0.419 e. The minimum Gasteiger partial charge on any atom is -0.443 e. The molecule has 2 heterocycles. The van der Waals surface area contributed by atoms with E-state index in [1.54, 1.807) is 33.0 Å². The van der Waals surface area contributed by atoms with Crippen molar-refractivity contribution in [3.63, 3.8) is 0 Å². The summed E-state index contributed by atoms with van der Waals surface area (Å²) in [7, 11) is 0. The predicted molar refractivity (Wildman–Crippen MR) is 82.3 cm³/mol. The summed E-state index contributed by atoms with van der Waals surface area (Å²) in [4.78, 5) is 27.0. The van der Waals surface area contributed by atoms with Crippen LogP contribution >= 0.6 is 15.9 Å². The van der Waals surface area contributed by atoms with Gasteiger partial charge in [-0.05, 0) is 42.8 Å². The molecule has 0 saturated carbocycles. The first-order chi connectivity index (χ1) is 9.67. The second kappa shape index (κ2) is 5.36. The highest BCUT2D eigenvalue weighted by molar-refractivity contribution is 9.10. The summed E-state index contributed by atoms with van der Waals surface area (Å²) in [5.74, 6) is 0.303. The number of ether oxygens (including phenoxy) is 1. The molecule has 0 saturated heterocycles. The van der Waals surface area contributed by atoms with Crippen molar-refractivity contribution >= 4 is 44.8 Å². The zero-order chi connectivity index (χ0) is 15.8. The lowest BCUT2D eigenvalue weighted by Gasteiger charge is -2.19. The largest absolute Gasteiger partial charge is 0.443 e. The predicted octanol–water partition coefficient (Wildman–Crippen LogP) is 3.07. The number of hydrogen-bond donors (Lipinski definition) is 2. The van der Waals surface area contributed by atoms with Gasteiger partial charge in [0, 0.05) is 16.1 Å². The molecule has 2 amide bonds. The summed E-state index contributed by atoms with van der Waals surface area (Å²) >= 11 is 3.37. The quantitative estimate of drug-likeness (QED) is 0.821. The highest BCUT2D eigenvalue weighted by Gasteiger charge is 2.20. The van der Waals surface area contributed by atoms with Gasteiger partial charge in [-0.25, -0.2) is 19.1 Å². The molecule has 2 aromatic heterocycles. The zero-order valence-electron chi connectivity index (χ0n) is 11.8. The zero-order valence-corrected chi connectivity index (χ0v) is 13.4. The molecular formula is C13H15BrN4O3. The Morgan fingerprint density at radius 2 is 2.10 bits per heavy atom. The van der Waals surface area contributed by atoms with Crippen LogP contribution in [0.15, 0.2) is 22.9 Å². The summed E-state index contributed by atoms with van der Waals surface area (Å²) in [6, 6.07) is 0.912. The van der Waals surface area contributed by atoms with E-state index < -0.39 is 17.7 Å². The molecule has 0 aliphatic rings. The van der Waals surface area contributed by atoms with Crippen molar-refractivity contribution in [3.05, 3.63) is 22.9 Å². The van der Waals surface area contributed by atoms with Gasteiger partial charge in [-0.3, -0.25) is 5.32 Å². The van der Waals surface area contributed by atoms with E-state index in [1.807, 2.05) is 0 Å². The molecule has 2 aromatic rings. The van der Waals surface area contributed by atoms with E-state index in [4.69, 9.17) is 10.5 Å². The van der Waals surface area contributed by atoms with Gasteiger partial charge in [0.1, 0.15) is 11.4 Å². The third-order valence-electron chi connectivity index (χ3n) is 2.48. The Balaban J connectivity index is 2.43. The first kappa shape index (κ1) is 15.3. The average molecular weight is 355 g/mol. The Morgan fingerprint density at radius 3 is 2.67 bits per heavy atom. The first-order valence-electron chi connectivity index (χ1n) is 6.14. The van der Waals surface area contributed by atoms with Gasteiger partial charge in [0.2, 0.25) is 0 Å². The fourth-order valence-electron chi connectivity index (χ4n) is 1.74. The van der Waals surface area contributed by atoms with Crippen molar-refractivity contribution in [2.75, 3.05) is 5.32 Å². The summed E-state index contributed by atoms with van der Waals surface area (Å²) in [6.07, 6.45) is 2.56. The van der Waals surface area contributed by atoms with Gasteiger partial charge >= 0.3 is 12.1 Å². The monoisotopic (exact) mass is 354 g/mol. The van der Waals surface area contributed by atoms with E-state index in [0.29, 0.717) is 21.2 Å². The Labute approximate surface area is 129 Å². The summed E-state index contributed by atoms with van der Waals surface area (Å²) in [6.45, 7) is 5.37. The van der Waals surface area contributed by atoms with Crippen molar-refractivity contribution in [1.82, 2.24) is 9.55 Å². The molecule has 0 aromatic carbocycles. The number of nitrogens with zero attached hydrogens (tertiary/aromatic N) is 2. The van der Waals surface area contributed by atoms with Crippen molar-refractivity contribution in [2.45, 2.75) is 26.4 Å². The van der Waals surface area contributed by atoms with Crippen LogP contribution in [0.2, 0.25) is 0 Å². The Kier molecular flexibility index (Phi) is 3.91. The number of aromatic nitrogens is 2. The lowest BCUT2D eigenvalue weighted by molar-refractivity contribution is 0.0544. The SMILES string of the molecule is CC(C)(C)OC(=O)n1cc(Br)c2cc(NC(N)=O)ncc21. The van der Waals surface area contributed by atoms with E-state index in [2.05, 4.69) is 26.2 Å². The van der Waals surface area contributed by atoms with Gasteiger partial charge in [0.05, 0.1) is 11.7 Å². The van der Waals surface area contributed by atoms with E-state index >= 15 is 0 Å². The van der Waals surface area contributed by atoms with Gasteiger partial charge in [-0.15, -0.1) is 0 Å².